The Hall–Kier alpha value is -2.16. The van der Waals surface area contributed by atoms with Gasteiger partial charge in [0.1, 0.15) is 11.5 Å². The smallest absolute Gasteiger partial charge is 0.119 e. The summed E-state index contributed by atoms with van der Waals surface area (Å²) in [4.78, 5) is 2.14. The summed E-state index contributed by atoms with van der Waals surface area (Å²) in [5.74, 6) is 1.16. The van der Waals surface area contributed by atoms with Crippen LogP contribution in [0.25, 0.3) is 0 Å². The number of aromatic hydroxyl groups is 1. The van der Waals surface area contributed by atoms with Crippen LogP contribution < -0.4 is 9.64 Å². The number of nitrogens with zero attached hydrogens (tertiary/aromatic N) is 1. The van der Waals surface area contributed by atoms with Crippen molar-refractivity contribution < 1.29 is 9.84 Å². The van der Waals surface area contributed by atoms with E-state index in [9.17, 15) is 5.11 Å². The van der Waals surface area contributed by atoms with E-state index >= 15 is 0 Å². The number of ether oxygens (including phenoxy) is 1. The summed E-state index contributed by atoms with van der Waals surface area (Å²) in [7, 11) is 3.70. The summed E-state index contributed by atoms with van der Waals surface area (Å²) in [6.45, 7) is 0.798. The van der Waals surface area contributed by atoms with Gasteiger partial charge in [-0.2, -0.15) is 0 Å². The molecule has 2 aromatic rings. The van der Waals surface area contributed by atoms with E-state index in [0.717, 1.165) is 23.5 Å². The normalized spacial score (nSPS) is 10.1. The van der Waals surface area contributed by atoms with E-state index in [0.29, 0.717) is 5.75 Å². The molecule has 0 amide bonds. The lowest BCUT2D eigenvalue weighted by Gasteiger charge is -2.19. The van der Waals surface area contributed by atoms with Gasteiger partial charge in [-0.3, -0.25) is 0 Å². The Balaban J connectivity index is 2.06. The molecule has 0 saturated carbocycles. The zero-order chi connectivity index (χ0) is 13.0. The van der Waals surface area contributed by atoms with Crippen molar-refractivity contribution in [2.75, 3.05) is 19.1 Å². The maximum atomic E-state index is 9.24. The molecule has 0 unspecified atom stereocenters. The van der Waals surface area contributed by atoms with E-state index in [4.69, 9.17) is 4.74 Å². The molecule has 0 fully saturated rings. The van der Waals surface area contributed by atoms with Crippen LogP contribution in [0, 0.1) is 0 Å². The van der Waals surface area contributed by atoms with Crippen LogP contribution in [-0.2, 0) is 6.54 Å². The molecule has 94 valence electrons. The lowest BCUT2D eigenvalue weighted by molar-refractivity contribution is 0.415. The molecule has 0 spiro atoms. The monoisotopic (exact) mass is 243 g/mol. The van der Waals surface area contributed by atoms with Crippen molar-refractivity contribution in [3.8, 4) is 11.5 Å². The Labute approximate surface area is 107 Å². The van der Waals surface area contributed by atoms with E-state index in [2.05, 4.69) is 4.90 Å². The Morgan fingerprint density at radius 3 is 2.17 bits per heavy atom. The van der Waals surface area contributed by atoms with Crippen LogP contribution in [-0.4, -0.2) is 19.3 Å². The SMILES string of the molecule is COc1ccc(N(C)Cc2ccc(O)cc2)cc1. The molecule has 1 N–H and O–H groups in total. The van der Waals surface area contributed by atoms with Gasteiger partial charge in [-0.25, -0.2) is 0 Å². The van der Waals surface area contributed by atoms with Gasteiger partial charge in [-0.05, 0) is 42.0 Å². The first-order chi connectivity index (χ1) is 8.69. The molecule has 3 nitrogen and oxygen atoms in total. The number of methoxy groups -OCH3 is 1. The number of benzene rings is 2. The van der Waals surface area contributed by atoms with Crippen molar-refractivity contribution in [2.45, 2.75) is 6.54 Å². The number of rotatable bonds is 4. The highest BCUT2D eigenvalue weighted by Crippen LogP contribution is 2.20. The topological polar surface area (TPSA) is 32.7 Å². The molecule has 2 rings (SSSR count). The number of phenolic OH excluding ortho intramolecular Hbond substituents is 1. The van der Waals surface area contributed by atoms with Crippen molar-refractivity contribution in [2.24, 2.45) is 0 Å². The highest BCUT2D eigenvalue weighted by Gasteiger charge is 2.02. The third kappa shape index (κ3) is 2.94. The largest absolute Gasteiger partial charge is 0.508 e. The summed E-state index contributed by atoms with van der Waals surface area (Å²) < 4.78 is 5.13. The molecule has 0 aliphatic rings. The Morgan fingerprint density at radius 1 is 1.00 bits per heavy atom. The number of anilines is 1. The van der Waals surface area contributed by atoms with Crippen LogP contribution in [0.5, 0.6) is 11.5 Å². The predicted molar refractivity (Wildman–Crippen MR) is 73.2 cm³/mol. The molecule has 0 atom stereocenters. The molecule has 0 aliphatic heterocycles. The lowest BCUT2D eigenvalue weighted by Crippen LogP contribution is -2.15. The van der Waals surface area contributed by atoms with E-state index < -0.39 is 0 Å². The molecule has 3 heteroatoms. The molecular weight excluding hydrogens is 226 g/mol. The Bertz CT molecular complexity index is 491. The van der Waals surface area contributed by atoms with Gasteiger partial charge in [0.2, 0.25) is 0 Å². The summed E-state index contributed by atoms with van der Waals surface area (Å²) in [5, 5.41) is 9.24. The molecule has 0 heterocycles. The first kappa shape index (κ1) is 12.3. The molecule has 0 saturated heterocycles. The molecule has 0 radical (unpaired) electrons. The first-order valence-corrected chi connectivity index (χ1v) is 5.82. The van der Waals surface area contributed by atoms with Crippen LogP contribution in [0.15, 0.2) is 48.5 Å². The maximum Gasteiger partial charge on any atom is 0.119 e. The van der Waals surface area contributed by atoms with Gasteiger partial charge in [-0.1, -0.05) is 12.1 Å². The van der Waals surface area contributed by atoms with Gasteiger partial charge in [0.25, 0.3) is 0 Å². The number of phenols is 1. The maximum absolute atomic E-state index is 9.24. The average Bonchev–Trinajstić information content (AvgIpc) is 2.41. The molecule has 18 heavy (non-hydrogen) atoms. The number of hydrogen-bond donors (Lipinski definition) is 1. The quantitative estimate of drug-likeness (QED) is 0.896. The van der Waals surface area contributed by atoms with Crippen molar-refractivity contribution in [3.63, 3.8) is 0 Å². The third-order valence-electron chi connectivity index (χ3n) is 2.87. The van der Waals surface area contributed by atoms with Crippen LogP contribution in [0.1, 0.15) is 5.56 Å². The third-order valence-corrected chi connectivity index (χ3v) is 2.87. The second kappa shape index (κ2) is 5.45. The predicted octanol–water partition coefficient (Wildman–Crippen LogP) is 3.04. The fraction of sp³-hybridized carbons (Fsp3) is 0.200. The lowest BCUT2D eigenvalue weighted by atomic mass is 10.2. The Morgan fingerprint density at radius 2 is 1.61 bits per heavy atom. The highest BCUT2D eigenvalue weighted by molar-refractivity contribution is 5.49. The fourth-order valence-electron chi connectivity index (χ4n) is 1.80. The van der Waals surface area contributed by atoms with Gasteiger partial charge in [0.15, 0.2) is 0 Å². The van der Waals surface area contributed by atoms with E-state index in [1.54, 1.807) is 19.2 Å². The summed E-state index contributed by atoms with van der Waals surface area (Å²) >= 11 is 0. The minimum atomic E-state index is 0.297. The van der Waals surface area contributed by atoms with Crippen LogP contribution in [0.2, 0.25) is 0 Å². The van der Waals surface area contributed by atoms with E-state index in [-0.39, 0.29) is 0 Å². The molecular formula is C15H17NO2. The molecule has 0 bridgehead atoms. The summed E-state index contributed by atoms with van der Waals surface area (Å²) in [6, 6.07) is 15.2. The molecule has 0 aromatic heterocycles. The Kier molecular flexibility index (Phi) is 3.72. The van der Waals surface area contributed by atoms with Crippen molar-refractivity contribution in [3.05, 3.63) is 54.1 Å². The highest BCUT2D eigenvalue weighted by atomic mass is 16.5. The van der Waals surface area contributed by atoms with Gasteiger partial charge >= 0.3 is 0 Å². The van der Waals surface area contributed by atoms with Crippen molar-refractivity contribution >= 4 is 5.69 Å². The minimum Gasteiger partial charge on any atom is -0.508 e. The summed E-state index contributed by atoms with van der Waals surface area (Å²) in [6.07, 6.45) is 0. The summed E-state index contributed by atoms with van der Waals surface area (Å²) in [5.41, 5.74) is 2.29. The minimum absolute atomic E-state index is 0.297. The first-order valence-electron chi connectivity index (χ1n) is 5.82. The second-order valence-electron chi connectivity index (χ2n) is 4.22. The zero-order valence-electron chi connectivity index (χ0n) is 10.6. The fourth-order valence-corrected chi connectivity index (χ4v) is 1.80. The van der Waals surface area contributed by atoms with Gasteiger partial charge in [0, 0.05) is 19.3 Å². The molecule has 0 aliphatic carbocycles. The van der Waals surface area contributed by atoms with Crippen molar-refractivity contribution in [1.82, 2.24) is 0 Å². The van der Waals surface area contributed by atoms with Gasteiger partial charge in [-0.15, -0.1) is 0 Å². The standard InChI is InChI=1S/C15H17NO2/c1-16(11-12-3-7-14(17)8-4-12)13-5-9-15(18-2)10-6-13/h3-10,17H,11H2,1-2H3. The average molecular weight is 243 g/mol. The molecule has 2 aromatic carbocycles. The number of hydrogen-bond acceptors (Lipinski definition) is 3. The second-order valence-corrected chi connectivity index (χ2v) is 4.22. The van der Waals surface area contributed by atoms with Gasteiger partial charge in [0.05, 0.1) is 7.11 Å². The zero-order valence-corrected chi connectivity index (χ0v) is 10.6. The van der Waals surface area contributed by atoms with E-state index in [1.807, 2.05) is 43.4 Å². The van der Waals surface area contributed by atoms with Crippen LogP contribution >= 0.6 is 0 Å². The van der Waals surface area contributed by atoms with Crippen LogP contribution in [0.4, 0.5) is 5.69 Å². The van der Waals surface area contributed by atoms with Crippen LogP contribution in [0.3, 0.4) is 0 Å². The van der Waals surface area contributed by atoms with Gasteiger partial charge < -0.3 is 14.7 Å². The van der Waals surface area contributed by atoms with E-state index in [1.165, 1.54) is 0 Å². The van der Waals surface area contributed by atoms with Crippen molar-refractivity contribution in [1.29, 1.82) is 0 Å².